The molecule has 0 aliphatic rings. The van der Waals surface area contributed by atoms with Gasteiger partial charge in [0.15, 0.2) is 0 Å². The molecular formula is C27H26N4O2. The molecule has 3 N–H and O–H groups in total. The van der Waals surface area contributed by atoms with Gasteiger partial charge < -0.3 is 20.9 Å². The lowest BCUT2D eigenvalue weighted by molar-refractivity contribution is 0.0951. The van der Waals surface area contributed by atoms with Gasteiger partial charge >= 0.3 is 6.03 Å². The summed E-state index contributed by atoms with van der Waals surface area (Å²) in [6.45, 7) is 0.422. The number of anilines is 3. The van der Waals surface area contributed by atoms with Gasteiger partial charge in [0.2, 0.25) is 0 Å². The third-order valence-electron chi connectivity index (χ3n) is 5.31. The Kier molecular flexibility index (Phi) is 6.55. The molecule has 0 radical (unpaired) electrons. The van der Waals surface area contributed by atoms with Crippen LogP contribution in [0.4, 0.5) is 21.9 Å². The summed E-state index contributed by atoms with van der Waals surface area (Å²) in [6, 6.07) is 28.3. The van der Waals surface area contributed by atoms with Crippen molar-refractivity contribution in [3.63, 3.8) is 0 Å². The predicted molar refractivity (Wildman–Crippen MR) is 135 cm³/mol. The highest BCUT2D eigenvalue weighted by molar-refractivity contribution is 6.07. The molecule has 0 spiro atoms. The summed E-state index contributed by atoms with van der Waals surface area (Å²) in [5, 5.41) is 10.7. The minimum absolute atomic E-state index is 0.208. The Morgan fingerprint density at radius 1 is 0.788 bits per heavy atom. The Morgan fingerprint density at radius 2 is 1.52 bits per heavy atom. The number of amides is 3. The Balaban J connectivity index is 1.50. The maximum atomic E-state index is 13.0. The number of hydrogen-bond donors (Lipinski definition) is 3. The largest absolute Gasteiger partial charge is 0.377 e. The standard InChI is InChI=1S/C27H26N4O2/c1-31(2)25-16-15-21(17-23(25)26(32)28-18-19-9-4-3-5-10-19)29-27(33)30-24-14-8-12-20-11-6-7-13-22(20)24/h3-17H,18H2,1-2H3,(H,28,32)(H2,29,30,33). The number of hydrogen-bond acceptors (Lipinski definition) is 3. The van der Waals surface area contributed by atoms with Gasteiger partial charge in [0.05, 0.1) is 11.3 Å². The first-order chi connectivity index (χ1) is 16.0. The van der Waals surface area contributed by atoms with Crippen LogP contribution in [-0.2, 0) is 6.54 Å². The van der Waals surface area contributed by atoms with E-state index < -0.39 is 0 Å². The molecule has 4 aromatic rings. The van der Waals surface area contributed by atoms with Crippen molar-refractivity contribution >= 4 is 39.8 Å². The maximum absolute atomic E-state index is 13.0. The minimum Gasteiger partial charge on any atom is -0.377 e. The van der Waals surface area contributed by atoms with E-state index in [0.717, 1.165) is 27.7 Å². The van der Waals surface area contributed by atoms with Crippen molar-refractivity contribution in [2.75, 3.05) is 29.6 Å². The zero-order valence-corrected chi connectivity index (χ0v) is 18.6. The van der Waals surface area contributed by atoms with Gasteiger partial charge in [-0.1, -0.05) is 66.7 Å². The lowest BCUT2D eigenvalue weighted by Gasteiger charge is -2.19. The SMILES string of the molecule is CN(C)c1ccc(NC(=O)Nc2cccc3ccccc23)cc1C(=O)NCc1ccccc1. The topological polar surface area (TPSA) is 73.5 Å². The van der Waals surface area contributed by atoms with Gasteiger partial charge in [-0.05, 0) is 35.2 Å². The zero-order chi connectivity index (χ0) is 23.2. The predicted octanol–water partition coefficient (Wildman–Crippen LogP) is 5.48. The number of rotatable bonds is 6. The van der Waals surface area contributed by atoms with Crippen molar-refractivity contribution in [1.29, 1.82) is 0 Å². The van der Waals surface area contributed by atoms with E-state index in [2.05, 4.69) is 16.0 Å². The number of benzene rings is 4. The van der Waals surface area contributed by atoms with Crippen LogP contribution in [0.25, 0.3) is 10.8 Å². The van der Waals surface area contributed by atoms with Crippen LogP contribution in [0.1, 0.15) is 15.9 Å². The van der Waals surface area contributed by atoms with E-state index in [1.807, 2.05) is 97.9 Å². The van der Waals surface area contributed by atoms with Crippen LogP contribution in [0.2, 0.25) is 0 Å². The van der Waals surface area contributed by atoms with Crippen molar-refractivity contribution in [1.82, 2.24) is 5.32 Å². The van der Waals surface area contributed by atoms with Gasteiger partial charge in [-0.3, -0.25) is 4.79 Å². The summed E-state index contributed by atoms with van der Waals surface area (Å²) in [5.41, 5.74) is 3.51. The molecule has 3 amide bonds. The highest BCUT2D eigenvalue weighted by Gasteiger charge is 2.15. The van der Waals surface area contributed by atoms with Crippen molar-refractivity contribution in [2.45, 2.75) is 6.54 Å². The number of nitrogens with zero attached hydrogens (tertiary/aromatic N) is 1. The number of carbonyl (C=O) groups is 2. The summed E-state index contributed by atoms with van der Waals surface area (Å²) in [5.74, 6) is -0.208. The molecule has 0 atom stereocenters. The minimum atomic E-state index is -0.375. The first-order valence-electron chi connectivity index (χ1n) is 10.7. The van der Waals surface area contributed by atoms with E-state index in [1.165, 1.54) is 0 Å². The van der Waals surface area contributed by atoms with Gasteiger partial charge in [-0.15, -0.1) is 0 Å². The van der Waals surface area contributed by atoms with E-state index in [-0.39, 0.29) is 11.9 Å². The third-order valence-corrected chi connectivity index (χ3v) is 5.31. The Bertz CT molecular complexity index is 1280. The van der Waals surface area contributed by atoms with Crippen molar-refractivity contribution in [3.05, 3.63) is 102 Å². The summed E-state index contributed by atoms with van der Waals surface area (Å²) >= 11 is 0. The van der Waals surface area contributed by atoms with Crippen LogP contribution in [0.15, 0.2) is 91.0 Å². The molecule has 33 heavy (non-hydrogen) atoms. The smallest absolute Gasteiger partial charge is 0.323 e. The van der Waals surface area contributed by atoms with E-state index >= 15 is 0 Å². The third kappa shape index (κ3) is 5.30. The molecule has 0 fully saturated rings. The summed E-state index contributed by atoms with van der Waals surface area (Å²) in [6.07, 6.45) is 0. The molecule has 6 heteroatoms. The van der Waals surface area contributed by atoms with Crippen LogP contribution in [0.5, 0.6) is 0 Å². The van der Waals surface area contributed by atoms with E-state index in [9.17, 15) is 9.59 Å². The molecule has 4 aromatic carbocycles. The van der Waals surface area contributed by atoms with Crippen LogP contribution in [0, 0.1) is 0 Å². The molecule has 0 aliphatic carbocycles. The number of carbonyl (C=O) groups excluding carboxylic acids is 2. The molecular weight excluding hydrogens is 412 g/mol. The second kappa shape index (κ2) is 9.87. The average Bonchev–Trinajstić information content (AvgIpc) is 2.83. The average molecular weight is 439 g/mol. The number of nitrogens with one attached hydrogen (secondary N) is 3. The number of urea groups is 1. The van der Waals surface area contributed by atoms with Gasteiger partial charge in [0.25, 0.3) is 5.91 Å². The Hall–Kier alpha value is -4.32. The van der Waals surface area contributed by atoms with Gasteiger partial charge in [-0.2, -0.15) is 0 Å². The Morgan fingerprint density at radius 3 is 2.30 bits per heavy atom. The van der Waals surface area contributed by atoms with Gasteiger partial charge in [0.1, 0.15) is 0 Å². The fourth-order valence-electron chi connectivity index (χ4n) is 3.68. The molecule has 6 nitrogen and oxygen atoms in total. The molecule has 0 saturated heterocycles. The van der Waals surface area contributed by atoms with Gasteiger partial charge in [-0.25, -0.2) is 4.79 Å². The van der Waals surface area contributed by atoms with E-state index in [1.54, 1.807) is 12.1 Å². The lowest BCUT2D eigenvalue weighted by Crippen LogP contribution is -2.26. The monoisotopic (exact) mass is 438 g/mol. The Labute approximate surface area is 193 Å². The second-order valence-electron chi connectivity index (χ2n) is 7.90. The highest BCUT2D eigenvalue weighted by atomic mass is 16.2. The van der Waals surface area contributed by atoms with Crippen LogP contribution in [0.3, 0.4) is 0 Å². The first kappa shape index (κ1) is 21.9. The fourth-order valence-corrected chi connectivity index (χ4v) is 3.68. The van der Waals surface area contributed by atoms with E-state index in [0.29, 0.717) is 17.8 Å². The zero-order valence-electron chi connectivity index (χ0n) is 18.6. The van der Waals surface area contributed by atoms with Crippen LogP contribution >= 0.6 is 0 Å². The molecule has 0 aromatic heterocycles. The first-order valence-corrected chi connectivity index (χ1v) is 10.7. The number of fused-ring (bicyclic) bond motifs is 1. The van der Waals surface area contributed by atoms with Crippen molar-refractivity contribution < 1.29 is 9.59 Å². The van der Waals surface area contributed by atoms with Crippen LogP contribution in [-0.4, -0.2) is 26.0 Å². The van der Waals surface area contributed by atoms with E-state index in [4.69, 9.17) is 0 Å². The highest BCUT2D eigenvalue weighted by Crippen LogP contribution is 2.25. The van der Waals surface area contributed by atoms with Crippen LogP contribution < -0.4 is 20.9 Å². The lowest BCUT2D eigenvalue weighted by atomic mass is 10.1. The molecule has 4 rings (SSSR count). The summed E-state index contributed by atoms with van der Waals surface area (Å²) < 4.78 is 0. The second-order valence-corrected chi connectivity index (χ2v) is 7.90. The summed E-state index contributed by atoms with van der Waals surface area (Å²) in [7, 11) is 3.76. The maximum Gasteiger partial charge on any atom is 0.323 e. The molecule has 0 unspecified atom stereocenters. The quantitative estimate of drug-likeness (QED) is 0.373. The molecule has 0 heterocycles. The normalized spacial score (nSPS) is 10.5. The summed E-state index contributed by atoms with van der Waals surface area (Å²) in [4.78, 5) is 27.5. The van der Waals surface area contributed by atoms with Gasteiger partial charge in [0, 0.05) is 37.4 Å². The van der Waals surface area contributed by atoms with Crippen molar-refractivity contribution in [3.8, 4) is 0 Å². The molecule has 0 saturated carbocycles. The molecule has 0 aliphatic heterocycles. The molecule has 166 valence electrons. The fraction of sp³-hybridized carbons (Fsp3) is 0.111. The van der Waals surface area contributed by atoms with Crippen molar-refractivity contribution in [2.24, 2.45) is 0 Å². The molecule has 0 bridgehead atoms.